The highest BCUT2D eigenvalue weighted by molar-refractivity contribution is 6.00. The standard InChI is InChI=1S/C13H19N3O3/c1-4-13(2,3)8-15-12(17)9-6-5-7-10(11(9)14)16(18)19/h5-7H,4,8,14H2,1-3H3,(H,15,17). The van der Waals surface area contributed by atoms with Crippen molar-refractivity contribution in [3.8, 4) is 0 Å². The second-order valence-corrected chi connectivity index (χ2v) is 5.20. The fourth-order valence-electron chi connectivity index (χ4n) is 1.45. The van der Waals surface area contributed by atoms with Gasteiger partial charge in [0.25, 0.3) is 11.6 Å². The summed E-state index contributed by atoms with van der Waals surface area (Å²) in [4.78, 5) is 22.1. The molecule has 0 saturated carbocycles. The first kappa shape index (κ1) is 14.9. The average molecular weight is 265 g/mol. The molecule has 1 aromatic rings. The number of carbonyl (C=O) groups excluding carboxylic acids is 1. The van der Waals surface area contributed by atoms with Gasteiger partial charge in [0, 0.05) is 12.6 Å². The van der Waals surface area contributed by atoms with Crippen LogP contribution in [0, 0.1) is 15.5 Å². The van der Waals surface area contributed by atoms with Crippen LogP contribution in [-0.4, -0.2) is 17.4 Å². The molecule has 0 radical (unpaired) electrons. The Kier molecular flexibility index (Phi) is 4.47. The van der Waals surface area contributed by atoms with E-state index in [-0.39, 0.29) is 28.3 Å². The summed E-state index contributed by atoms with van der Waals surface area (Å²) in [7, 11) is 0. The van der Waals surface area contributed by atoms with Crippen LogP contribution < -0.4 is 11.1 Å². The van der Waals surface area contributed by atoms with Gasteiger partial charge in [0.15, 0.2) is 0 Å². The molecule has 1 rings (SSSR count). The van der Waals surface area contributed by atoms with E-state index in [0.717, 1.165) is 6.42 Å². The number of amides is 1. The first-order valence-electron chi connectivity index (χ1n) is 6.09. The maximum Gasteiger partial charge on any atom is 0.292 e. The maximum atomic E-state index is 12.0. The zero-order chi connectivity index (χ0) is 14.6. The molecule has 1 amide bonds. The Morgan fingerprint density at radius 2 is 2.11 bits per heavy atom. The molecule has 3 N–H and O–H groups in total. The van der Waals surface area contributed by atoms with Crippen molar-refractivity contribution in [1.82, 2.24) is 5.32 Å². The zero-order valence-electron chi connectivity index (χ0n) is 11.4. The molecule has 19 heavy (non-hydrogen) atoms. The van der Waals surface area contributed by atoms with Crippen LogP contribution in [0.15, 0.2) is 18.2 Å². The highest BCUT2D eigenvalue weighted by Gasteiger charge is 2.21. The maximum absolute atomic E-state index is 12.0. The number of benzene rings is 1. The highest BCUT2D eigenvalue weighted by Crippen LogP contribution is 2.25. The summed E-state index contributed by atoms with van der Waals surface area (Å²) in [6.45, 7) is 6.59. The number of para-hydroxylation sites is 1. The molecule has 1 aromatic carbocycles. The van der Waals surface area contributed by atoms with Crippen LogP contribution in [0.4, 0.5) is 11.4 Å². The summed E-state index contributed by atoms with van der Waals surface area (Å²) < 4.78 is 0. The molecule has 104 valence electrons. The Morgan fingerprint density at radius 3 is 2.63 bits per heavy atom. The van der Waals surface area contributed by atoms with Crippen molar-refractivity contribution in [3.63, 3.8) is 0 Å². The molecule has 0 aliphatic rings. The van der Waals surface area contributed by atoms with Gasteiger partial charge in [-0.25, -0.2) is 0 Å². The number of nitro groups is 1. The summed E-state index contributed by atoms with van der Waals surface area (Å²) in [5.74, 6) is -0.386. The number of nitrogen functional groups attached to an aromatic ring is 1. The first-order chi connectivity index (χ1) is 8.78. The summed E-state index contributed by atoms with van der Waals surface area (Å²) in [5.41, 5.74) is 5.43. The highest BCUT2D eigenvalue weighted by atomic mass is 16.6. The lowest BCUT2D eigenvalue weighted by Crippen LogP contribution is -2.34. The third-order valence-corrected chi connectivity index (χ3v) is 3.21. The van der Waals surface area contributed by atoms with Crippen LogP contribution in [0.2, 0.25) is 0 Å². The number of rotatable bonds is 5. The summed E-state index contributed by atoms with van der Waals surface area (Å²) in [6, 6.07) is 4.22. The number of anilines is 1. The number of carbonyl (C=O) groups is 1. The molecule has 0 fully saturated rings. The number of nitrogens with one attached hydrogen (secondary N) is 1. The largest absolute Gasteiger partial charge is 0.393 e. The van der Waals surface area contributed by atoms with Crippen LogP contribution in [0.5, 0.6) is 0 Å². The molecule has 0 spiro atoms. The SMILES string of the molecule is CCC(C)(C)CNC(=O)c1cccc([N+](=O)[O-])c1N. The number of nitrogens with two attached hydrogens (primary N) is 1. The van der Waals surface area contributed by atoms with Gasteiger partial charge in [-0.2, -0.15) is 0 Å². The smallest absolute Gasteiger partial charge is 0.292 e. The molecule has 0 heterocycles. The predicted molar refractivity (Wildman–Crippen MR) is 73.9 cm³/mol. The second kappa shape index (κ2) is 5.69. The molecule has 6 heteroatoms. The Hall–Kier alpha value is -2.11. The van der Waals surface area contributed by atoms with Crippen LogP contribution in [0.3, 0.4) is 0 Å². The number of hydrogen-bond donors (Lipinski definition) is 2. The second-order valence-electron chi connectivity index (χ2n) is 5.20. The minimum atomic E-state index is -0.595. The molecule has 0 aliphatic heterocycles. The Bertz CT molecular complexity index is 498. The van der Waals surface area contributed by atoms with E-state index in [4.69, 9.17) is 5.73 Å². The van der Waals surface area contributed by atoms with Gasteiger partial charge in [0.05, 0.1) is 10.5 Å². The van der Waals surface area contributed by atoms with Crippen LogP contribution in [-0.2, 0) is 0 Å². The van der Waals surface area contributed by atoms with E-state index >= 15 is 0 Å². The van der Waals surface area contributed by atoms with E-state index in [2.05, 4.69) is 5.32 Å². The van der Waals surface area contributed by atoms with E-state index in [9.17, 15) is 14.9 Å². The van der Waals surface area contributed by atoms with Crippen LogP contribution in [0.1, 0.15) is 37.6 Å². The van der Waals surface area contributed by atoms with Gasteiger partial charge >= 0.3 is 0 Å². The summed E-state index contributed by atoms with van der Waals surface area (Å²) >= 11 is 0. The fourth-order valence-corrected chi connectivity index (χ4v) is 1.45. The normalized spacial score (nSPS) is 11.1. The van der Waals surface area contributed by atoms with Gasteiger partial charge in [-0.05, 0) is 17.9 Å². The minimum absolute atomic E-state index is 0.0227. The van der Waals surface area contributed by atoms with Gasteiger partial charge in [-0.3, -0.25) is 14.9 Å². The van der Waals surface area contributed by atoms with Gasteiger partial charge in [0.1, 0.15) is 5.69 Å². The quantitative estimate of drug-likeness (QED) is 0.485. The fraction of sp³-hybridized carbons (Fsp3) is 0.462. The van der Waals surface area contributed by atoms with Crippen molar-refractivity contribution in [3.05, 3.63) is 33.9 Å². The van der Waals surface area contributed by atoms with Gasteiger partial charge in [-0.1, -0.05) is 26.8 Å². The van der Waals surface area contributed by atoms with Crippen molar-refractivity contribution in [2.75, 3.05) is 12.3 Å². The van der Waals surface area contributed by atoms with E-state index in [0.29, 0.717) is 6.54 Å². The van der Waals surface area contributed by atoms with Gasteiger partial charge in [-0.15, -0.1) is 0 Å². The van der Waals surface area contributed by atoms with Crippen molar-refractivity contribution in [2.45, 2.75) is 27.2 Å². The molecule has 0 aliphatic carbocycles. The molecular weight excluding hydrogens is 246 g/mol. The lowest BCUT2D eigenvalue weighted by atomic mass is 9.90. The molecular formula is C13H19N3O3. The zero-order valence-corrected chi connectivity index (χ0v) is 11.4. The lowest BCUT2D eigenvalue weighted by Gasteiger charge is -2.22. The topological polar surface area (TPSA) is 98.3 Å². The molecule has 0 bridgehead atoms. The van der Waals surface area contributed by atoms with E-state index < -0.39 is 4.92 Å². The van der Waals surface area contributed by atoms with Crippen molar-refractivity contribution in [1.29, 1.82) is 0 Å². The third-order valence-electron chi connectivity index (χ3n) is 3.21. The van der Waals surface area contributed by atoms with Gasteiger partial charge < -0.3 is 11.1 Å². The predicted octanol–water partition coefficient (Wildman–Crippen LogP) is 2.34. The van der Waals surface area contributed by atoms with Crippen LogP contribution >= 0.6 is 0 Å². The molecule has 6 nitrogen and oxygen atoms in total. The average Bonchev–Trinajstić information content (AvgIpc) is 2.36. The number of hydrogen-bond acceptors (Lipinski definition) is 4. The summed E-state index contributed by atoms with van der Waals surface area (Å²) in [6.07, 6.45) is 0.914. The molecule has 0 unspecified atom stereocenters. The van der Waals surface area contributed by atoms with Crippen molar-refractivity contribution in [2.24, 2.45) is 5.41 Å². The molecule has 0 aromatic heterocycles. The number of nitrogens with zero attached hydrogens (tertiary/aromatic N) is 1. The Morgan fingerprint density at radius 1 is 1.47 bits per heavy atom. The van der Waals surface area contributed by atoms with E-state index in [1.807, 2.05) is 20.8 Å². The first-order valence-corrected chi connectivity index (χ1v) is 6.09. The van der Waals surface area contributed by atoms with Crippen molar-refractivity contribution < 1.29 is 9.72 Å². The third kappa shape index (κ3) is 3.67. The van der Waals surface area contributed by atoms with Gasteiger partial charge in [0.2, 0.25) is 0 Å². The summed E-state index contributed by atoms with van der Waals surface area (Å²) in [5, 5.41) is 13.5. The lowest BCUT2D eigenvalue weighted by molar-refractivity contribution is -0.383. The molecule has 0 saturated heterocycles. The van der Waals surface area contributed by atoms with Crippen molar-refractivity contribution >= 4 is 17.3 Å². The minimum Gasteiger partial charge on any atom is -0.393 e. The Balaban J connectivity index is 2.89. The number of nitro benzene ring substituents is 1. The monoisotopic (exact) mass is 265 g/mol. The van der Waals surface area contributed by atoms with Crippen LogP contribution in [0.25, 0.3) is 0 Å². The van der Waals surface area contributed by atoms with E-state index in [1.54, 1.807) is 0 Å². The molecule has 0 atom stereocenters. The van der Waals surface area contributed by atoms with E-state index in [1.165, 1.54) is 18.2 Å². The Labute approximate surface area is 112 Å².